The van der Waals surface area contributed by atoms with Crippen LogP contribution in [0.15, 0.2) is 23.1 Å². The van der Waals surface area contributed by atoms with Crippen molar-refractivity contribution in [2.75, 3.05) is 20.2 Å². The molecule has 0 aliphatic carbocycles. The van der Waals surface area contributed by atoms with E-state index >= 15 is 0 Å². The van der Waals surface area contributed by atoms with Gasteiger partial charge in [0.1, 0.15) is 18.3 Å². The van der Waals surface area contributed by atoms with Gasteiger partial charge in [-0.25, -0.2) is 0 Å². The number of nitrogens with zero attached hydrogens (tertiary/aromatic N) is 2. The van der Waals surface area contributed by atoms with Gasteiger partial charge in [-0.2, -0.15) is 0 Å². The summed E-state index contributed by atoms with van der Waals surface area (Å²) in [6.07, 6.45) is -1.06. The standard InChI is InChI=1S/C15H22N2O6/c1-16-6-2-3-10(16)9-4-5-12(19)17(7-9)23-15-14(21)13(20)11(8-18)22-15/h4-5,7,10-11,13-15,18,20-21H,2-3,6,8H2,1H3/t10-,11-,13-,14-,15+/m1/s1. The van der Waals surface area contributed by atoms with Crippen molar-refractivity contribution in [2.24, 2.45) is 0 Å². The van der Waals surface area contributed by atoms with Crippen LogP contribution in [0.25, 0.3) is 0 Å². The van der Waals surface area contributed by atoms with Crippen molar-refractivity contribution in [1.29, 1.82) is 0 Å². The van der Waals surface area contributed by atoms with Crippen molar-refractivity contribution in [1.82, 2.24) is 9.63 Å². The maximum Gasteiger partial charge on any atom is 0.283 e. The minimum atomic E-state index is -1.34. The quantitative estimate of drug-likeness (QED) is 0.617. The highest BCUT2D eigenvalue weighted by molar-refractivity contribution is 5.15. The van der Waals surface area contributed by atoms with Gasteiger partial charge < -0.3 is 24.9 Å². The molecule has 8 nitrogen and oxygen atoms in total. The van der Waals surface area contributed by atoms with Gasteiger partial charge in [-0.15, -0.1) is 4.73 Å². The Kier molecular flexibility index (Phi) is 4.69. The smallest absolute Gasteiger partial charge is 0.283 e. The average molecular weight is 326 g/mol. The molecule has 23 heavy (non-hydrogen) atoms. The predicted octanol–water partition coefficient (Wildman–Crippen LogP) is -1.52. The number of hydrogen-bond acceptors (Lipinski definition) is 7. The van der Waals surface area contributed by atoms with Crippen molar-refractivity contribution >= 4 is 0 Å². The van der Waals surface area contributed by atoms with Crippen LogP contribution in [-0.4, -0.2) is 69.8 Å². The summed E-state index contributed by atoms with van der Waals surface area (Å²) in [6.45, 7) is 0.555. The molecule has 0 radical (unpaired) electrons. The molecule has 0 aromatic carbocycles. The average Bonchev–Trinajstić information content (AvgIpc) is 3.08. The summed E-state index contributed by atoms with van der Waals surface area (Å²) in [4.78, 5) is 19.6. The van der Waals surface area contributed by atoms with Crippen molar-refractivity contribution in [2.45, 2.75) is 43.5 Å². The molecule has 0 unspecified atom stereocenters. The van der Waals surface area contributed by atoms with Gasteiger partial charge in [-0.05, 0) is 32.0 Å². The number of ether oxygens (including phenoxy) is 1. The van der Waals surface area contributed by atoms with Crippen LogP contribution in [0.1, 0.15) is 24.4 Å². The van der Waals surface area contributed by atoms with E-state index in [-0.39, 0.29) is 6.04 Å². The van der Waals surface area contributed by atoms with E-state index in [1.165, 1.54) is 6.07 Å². The van der Waals surface area contributed by atoms with Crippen LogP contribution in [0, 0.1) is 0 Å². The minimum absolute atomic E-state index is 0.218. The van der Waals surface area contributed by atoms with Gasteiger partial charge in [0.15, 0.2) is 0 Å². The van der Waals surface area contributed by atoms with Crippen molar-refractivity contribution in [3.05, 3.63) is 34.2 Å². The van der Waals surface area contributed by atoms with E-state index in [0.29, 0.717) is 0 Å². The fourth-order valence-electron chi connectivity index (χ4n) is 3.16. The van der Waals surface area contributed by atoms with E-state index < -0.39 is 36.8 Å². The highest BCUT2D eigenvalue weighted by atomic mass is 16.8. The molecule has 5 atom stereocenters. The fourth-order valence-corrected chi connectivity index (χ4v) is 3.16. The molecule has 0 saturated carbocycles. The first-order valence-corrected chi connectivity index (χ1v) is 7.73. The Balaban J connectivity index is 1.79. The van der Waals surface area contributed by atoms with Gasteiger partial charge in [-0.1, -0.05) is 6.07 Å². The van der Waals surface area contributed by atoms with Crippen LogP contribution in [0.5, 0.6) is 0 Å². The molecule has 2 saturated heterocycles. The number of pyridine rings is 1. The van der Waals surface area contributed by atoms with Gasteiger partial charge in [0.2, 0.25) is 0 Å². The Labute approximate surface area is 133 Å². The predicted molar refractivity (Wildman–Crippen MR) is 79.6 cm³/mol. The number of likely N-dealkylation sites (tertiary alicyclic amines) is 1. The summed E-state index contributed by atoms with van der Waals surface area (Å²) >= 11 is 0. The molecular formula is C15H22N2O6. The van der Waals surface area contributed by atoms with Crippen molar-refractivity contribution in [3.8, 4) is 0 Å². The molecule has 8 heteroatoms. The highest BCUT2D eigenvalue weighted by Gasteiger charge is 2.44. The number of aromatic nitrogens is 1. The van der Waals surface area contributed by atoms with Crippen molar-refractivity contribution < 1.29 is 24.9 Å². The van der Waals surface area contributed by atoms with Crippen LogP contribution in [0.2, 0.25) is 0 Å². The molecule has 3 heterocycles. The molecule has 2 fully saturated rings. The molecule has 0 amide bonds. The maximum atomic E-state index is 12.0. The van der Waals surface area contributed by atoms with Gasteiger partial charge in [0.05, 0.1) is 12.8 Å². The zero-order valence-electron chi connectivity index (χ0n) is 12.9. The van der Waals surface area contributed by atoms with E-state index in [2.05, 4.69) is 4.90 Å². The van der Waals surface area contributed by atoms with E-state index in [1.54, 1.807) is 12.3 Å². The first kappa shape index (κ1) is 16.4. The molecule has 3 rings (SSSR count). The monoisotopic (exact) mass is 326 g/mol. The lowest BCUT2D eigenvalue weighted by Gasteiger charge is -2.22. The molecule has 1 aromatic rings. The summed E-state index contributed by atoms with van der Waals surface area (Å²) in [5.74, 6) is 0. The third-order valence-corrected chi connectivity index (χ3v) is 4.52. The summed E-state index contributed by atoms with van der Waals surface area (Å²) in [6, 6.07) is 3.39. The van der Waals surface area contributed by atoms with Crippen LogP contribution in [0.4, 0.5) is 0 Å². The molecule has 2 aliphatic rings. The highest BCUT2D eigenvalue weighted by Crippen LogP contribution is 2.29. The number of aliphatic hydroxyl groups excluding tert-OH is 3. The molecule has 128 valence electrons. The lowest BCUT2D eigenvalue weighted by molar-refractivity contribution is -0.173. The second-order valence-electron chi connectivity index (χ2n) is 6.08. The minimum Gasteiger partial charge on any atom is -0.394 e. The summed E-state index contributed by atoms with van der Waals surface area (Å²) in [5.41, 5.74) is 0.545. The SMILES string of the molecule is CN1CCC[C@@H]1c1ccc(=O)n(O[C@@H]2O[C@H](CO)[C@@H](O)[C@H]2O)c1. The normalized spacial score (nSPS) is 34.9. The lowest BCUT2D eigenvalue weighted by Crippen LogP contribution is -2.41. The number of rotatable bonds is 4. The first-order chi connectivity index (χ1) is 11.0. The molecule has 3 N–H and O–H groups in total. The summed E-state index contributed by atoms with van der Waals surface area (Å²) < 4.78 is 6.25. The second kappa shape index (κ2) is 6.58. The molecule has 0 bridgehead atoms. The van der Waals surface area contributed by atoms with Crippen LogP contribution >= 0.6 is 0 Å². The maximum absolute atomic E-state index is 12.0. The molecule has 2 aliphatic heterocycles. The Morgan fingerprint density at radius 2 is 2.13 bits per heavy atom. The van der Waals surface area contributed by atoms with Crippen molar-refractivity contribution in [3.63, 3.8) is 0 Å². The fraction of sp³-hybridized carbons (Fsp3) is 0.667. The summed E-state index contributed by atoms with van der Waals surface area (Å²) in [5, 5.41) is 28.7. The molecule has 0 spiro atoms. The first-order valence-electron chi connectivity index (χ1n) is 7.73. The topological polar surface area (TPSA) is 104 Å². The van der Waals surface area contributed by atoms with E-state index in [0.717, 1.165) is 29.7 Å². The van der Waals surface area contributed by atoms with Gasteiger partial charge >= 0.3 is 0 Å². The zero-order valence-corrected chi connectivity index (χ0v) is 12.9. The van der Waals surface area contributed by atoms with E-state index in [1.807, 2.05) is 7.05 Å². The Hall–Kier alpha value is -1.45. The third kappa shape index (κ3) is 3.13. The lowest BCUT2D eigenvalue weighted by atomic mass is 10.1. The number of aliphatic hydroxyl groups is 3. The van der Waals surface area contributed by atoms with Gasteiger partial charge in [0, 0.05) is 12.1 Å². The molecular weight excluding hydrogens is 304 g/mol. The Morgan fingerprint density at radius 3 is 2.74 bits per heavy atom. The number of hydrogen-bond donors (Lipinski definition) is 3. The van der Waals surface area contributed by atoms with Gasteiger partial charge in [0.25, 0.3) is 11.8 Å². The largest absolute Gasteiger partial charge is 0.394 e. The molecule has 1 aromatic heterocycles. The van der Waals surface area contributed by atoms with Crippen LogP contribution in [-0.2, 0) is 4.74 Å². The van der Waals surface area contributed by atoms with Crippen LogP contribution < -0.4 is 10.4 Å². The second-order valence-corrected chi connectivity index (χ2v) is 6.08. The zero-order chi connectivity index (χ0) is 16.6. The van der Waals surface area contributed by atoms with Gasteiger partial charge in [-0.3, -0.25) is 9.69 Å². The van der Waals surface area contributed by atoms with Crippen LogP contribution in [0.3, 0.4) is 0 Å². The third-order valence-electron chi connectivity index (χ3n) is 4.52. The Morgan fingerprint density at radius 1 is 1.35 bits per heavy atom. The Bertz CT molecular complexity index is 606. The van der Waals surface area contributed by atoms with E-state index in [4.69, 9.17) is 14.7 Å². The van der Waals surface area contributed by atoms with E-state index in [9.17, 15) is 15.0 Å². The summed E-state index contributed by atoms with van der Waals surface area (Å²) in [7, 11) is 2.03.